The lowest BCUT2D eigenvalue weighted by atomic mass is 10.0. The zero-order valence-electron chi connectivity index (χ0n) is 18.7. The third-order valence-corrected chi connectivity index (χ3v) is 4.51. The molecule has 7 heteroatoms. The molecule has 0 aliphatic heterocycles. The van der Waals surface area contributed by atoms with Gasteiger partial charge in [0.05, 0.1) is 20.3 Å². The fraction of sp³-hybridized carbons (Fsp3) is 0.591. The van der Waals surface area contributed by atoms with E-state index < -0.39 is 0 Å². The van der Waals surface area contributed by atoms with Gasteiger partial charge in [-0.1, -0.05) is 19.9 Å². The average Bonchev–Trinajstić information content (AvgIpc) is 2.69. The fourth-order valence-electron chi connectivity index (χ4n) is 3.08. The maximum Gasteiger partial charge on any atom is 0.191 e. The lowest BCUT2D eigenvalue weighted by Crippen LogP contribution is -2.39. The van der Waals surface area contributed by atoms with Crippen LogP contribution in [-0.4, -0.2) is 46.5 Å². The number of allylic oxidation sites excluding steroid dienone is 1. The van der Waals surface area contributed by atoms with Crippen molar-refractivity contribution < 1.29 is 14.2 Å². The van der Waals surface area contributed by atoms with Gasteiger partial charge in [-0.25, -0.2) is 0 Å². The van der Waals surface area contributed by atoms with Crippen LogP contribution in [-0.2, 0) is 17.7 Å². The van der Waals surface area contributed by atoms with E-state index >= 15 is 0 Å². The lowest BCUT2D eigenvalue weighted by molar-refractivity contribution is 0.0258. The topological polar surface area (TPSA) is 64.1 Å². The monoisotopic (exact) mass is 519 g/mol. The maximum absolute atomic E-state index is 5.80. The number of benzene rings is 1. The molecular weight excluding hydrogens is 481 g/mol. The Hall–Kier alpha value is -1.48. The molecule has 1 aromatic carbocycles. The summed E-state index contributed by atoms with van der Waals surface area (Å²) in [4.78, 5) is 4.31. The van der Waals surface area contributed by atoms with Gasteiger partial charge in [0, 0.05) is 32.3 Å². The highest BCUT2D eigenvalue weighted by molar-refractivity contribution is 14.0. The summed E-state index contributed by atoms with van der Waals surface area (Å²) in [7, 11) is 5.08. The van der Waals surface area contributed by atoms with Crippen molar-refractivity contribution in [1.82, 2.24) is 10.6 Å². The first kappa shape index (κ1) is 27.5. The van der Waals surface area contributed by atoms with Gasteiger partial charge in [-0.15, -0.1) is 30.6 Å². The van der Waals surface area contributed by atoms with Crippen LogP contribution in [0.1, 0.15) is 38.3 Å². The summed E-state index contributed by atoms with van der Waals surface area (Å²) in [5, 5.41) is 6.72. The van der Waals surface area contributed by atoms with E-state index in [4.69, 9.17) is 14.2 Å². The lowest BCUT2D eigenvalue weighted by Gasteiger charge is -2.21. The number of nitrogens with zero attached hydrogens (tertiary/aromatic N) is 1. The van der Waals surface area contributed by atoms with E-state index in [9.17, 15) is 0 Å². The summed E-state index contributed by atoms with van der Waals surface area (Å²) in [5.74, 6) is 2.73. The molecule has 0 bridgehead atoms. The highest BCUT2D eigenvalue weighted by Crippen LogP contribution is 2.33. The van der Waals surface area contributed by atoms with Crippen LogP contribution in [0.2, 0.25) is 0 Å². The minimum absolute atomic E-state index is 0. The number of nitrogens with one attached hydrogen (secondary N) is 2. The van der Waals surface area contributed by atoms with Crippen LogP contribution in [0.25, 0.3) is 0 Å². The normalized spacial score (nSPS) is 12.2. The van der Waals surface area contributed by atoms with E-state index in [0.29, 0.717) is 18.9 Å². The maximum atomic E-state index is 5.80. The summed E-state index contributed by atoms with van der Waals surface area (Å²) >= 11 is 0. The quantitative estimate of drug-likeness (QED) is 0.188. The molecule has 0 amide bonds. The number of aliphatic imine (C=N–C) groups is 1. The molecule has 1 aromatic rings. The summed E-state index contributed by atoms with van der Waals surface area (Å²) in [6, 6.07) is 4.09. The Morgan fingerprint density at radius 3 is 2.45 bits per heavy atom. The van der Waals surface area contributed by atoms with E-state index in [2.05, 4.69) is 42.1 Å². The summed E-state index contributed by atoms with van der Waals surface area (Å²) < 4.78 is 16.8. The van der Waals surface area contributed by atoms with Crippen LogP contribution in [0.4, 0.5) is 0 Å². The molecular formula is C22H38IN3O3. The van der Waals surface area contributed by atoms with Gasteiger partial charge in [-0.05, 0) is 43.4 Å². The van der Waals surface area contributed by atoms with E-state index in [1.165, 1.54) is 0 Å². The second-order valence-corrected chi connectivity index (χ2v) is 6.86. The van der Waals surface area contributed by atoms with Crippen LogP contribution < -0.4 is 20.1 Å². The van der Waals surface area contributed by atoms with E-state index in [-0.39, 0.29) is 30.1 Å². The first-order valence-electron chi connectivity index (χ1n) is 9.91. The van der Waals surface area contributed by atoms with Crippen molar-refractivity contribution in [2.45, 2.75) is 46.3 Å². The number of guanidine groups is 1. The number of methoxy groups -OCH3 is 2. The van der Waals surface area contributed by atoms with Gasteiger partial charge in [0.25, 0.3) is 0 Å². The fourth-order valence-corrected chi connectivity index (χ4v) is 3.08. The molecule has 0 aliphatic carbocycles. The molecule has 0 radical (unpaired) electrons. The average molecular weight is 519 g/mol. The standard InChI is InChI=1S/C22H37N3O3.HI/c1-8-10-18-13-17(14-20(26-6)21(18)27-7)15-25-22(23-5)24-12-11-19(16(3)4)28-9-2;/h8,13-14,16,19H,1,9-12,15H2,2-7H3,(H2,23,24,25);1H. The van der Waals surface area contributed by atoms with Crippen molar-refractivity contribution in [3.8, 4) is 11.5 Å². The Labute approximate surface area is 193 Å². The number of halogens is 1. The van der Waals surface area contributed by atoms with Crippen molar-refractivity contribution in [3.05, 3.63) is 35.9 Å². The zero-order chi connectivity index (χ0) is 20.9. The molecule has 0 heterocycles. The highest BCUT2D eigenvalue weighted by atomic mass is 127. The molecule has 1 rings (SSSR count). The third-order valence-electron chi connectivity index (χ3n) is 4.51. The molecule has 0 fully saturated rings. The summed E-state index contributed by atoms with van der Waals surface area (Å²) in [5.41, 5.74) is 2.14. The van der Waals surface area contributed by atoms with Crippen LogP contribution in [0, 0.1) is 5.92 Å². The molecule has 1 unspecified atom stereocenters. The Morgan fingerprint density at radius 1 is 1.21 bits per heavy atom. The Balaban J connectivity index is 0.00000784. The van der Waals surface area contributed by atoms with E-state index in [0.717, 1.165) is 48.2 Å². The minimum Gasteiger partial charge on any atom is -0.493 e. The molecule has 0 aromatic heterocycles. The van der Waals surface area contributed by atoms with Gasteiger partial charge in [0.2, 0.25) is 0 Å². The second kappa shape index (κ2) is 15.4. The van der Waals surface area contributed by atoms with Crippen molar-refractivity contribution in [2.24, 2.45) is 10.9 Å². The molecule has 0 saturated heterocycles. The molecule has 1 atom stereocenters. The molecule has 2 N–H and O–H groups in total. The van der Waals surface area contributed by atoms with Crippen LogP contribution in [0.3, 0.4) is 0 Å². The molecule has 29 heavy (non-hydrogen) atoms. The molecule has 0 spiro atoms. The molecule has 6 nitrogen and oxygen atoms in total. The Bertz CT molecular complexity index is 636. The van der Waals surface area contributed by atoms with E-state index in [1.807, 2.05) is 19.1 Å². The predicted octanol–water partition coefficient (Wildman–Crippen LogP) is 4.17. The number of hydrogen-bond donors (Lipinski definition) is 2. The second-order valence-electron chi connectivity index (χ2n) is 6.86. The Kier molecular flexibility index (Phi) is 14.6. The number of ether oxygens (including phenoxy) is 3. The first-order chi connectivity index (χ1) is 13.5. The van der Waals surface area contributed by atoms with Gasteiger partial charge in [0.1, 0.15) is 0 Å². The first-order valence-corrected chi connectivity index (χ1v) is 9.91. The highest BCUT2D eigenvalue weighted by Gasteiger charge is 2.14. The van der Waals surface area contributed by atoms with Crippen molar-refractivity contribution >= 4 is 29.9 Å². The van der Waals surface area contributed by atoms with Crippen LogP contribution in [0.15, 0.2) is 29.8 Å². The number of hydrogen-bond acceptors (Lipinski definition) is 4. The Morgan fingerprint density at radius 2 is 1.93 bits per heavy atom. The molecule has 166 valence electrons. The van der Waals surface area contributed by atoms with Gasteiger partial charge in [-0.2, -0.15) is 0 Å². The van der Waals surface area contributed by atoms with Gasteiger partial charge in [-0.3, -0.25) is 4.99 Å². The minimum atomic E-state index is 0. The van der Waals surface area contributed by atoms with Gasteiger partial charge < -0.3 is 24.8 Å². The van der Waals surface area contributed by atoms with Crippen molar-refractivity contribution in [2.75, 3.05) is 34.4 Å². The smallest absolute Gasteiger partial charge is 0.191 e. The molecule has 0 saturated carbocycles. The van der Waals surface area contributed by atoms with Crippen LogP contribution >= 0.6 is 24.0 Å². The predicted molar refractivity (Wildman–Crippen MR) is 132 cm³/mol. The third kappa shape index (κ3) is 9.25. The number of rotatable bonds is 12. The molecule has 0 aliphatic rings. The van der Waals surface area contributed by atoms with Crippen LogP contribution in [0.5, 0.6) is 11.5 Å². The van der Waals surface area contributed by atoms with E-state index in [1.54, 1.807) is 21.3 Å². The SMILES string of the molecule is C=CCc1cc(CNC(=NC)NCCC(OCC)C(C)C)cc(OC)c1OC.I. The largest absolute Gasteiger partial charge is 0.493 e. The van der Waals surface area contributed by atoms with Crippen molar-refractivity contribution in [1.29, 1.82) is 0 Å². The summed E-state index contributed by atoms with van der Waals surface area (Å²) in [6.07, 6.45) is 3.77. The van der Waals surface area contributed by atoms with Gasteiger partial charge >= 0.3 is 0 Å². The van der Waals surface area contributed by atoms with Crippen molar-refractivity contribution in [3.63, 3.8) is 0 Å². The van der Waals surface area contributed by atoms with Gasteiger partial charge in [0.15, 0.2) is 17.5 Å². The zero-order valence-corrected chi connectivity index (χ0v) is 21.0. The summed E-state index contributed by atoms with van der Waals surface area (Å²) in [6.45, 7) is 12.4.